The molecular weight excluding hydrogens is 190 g/mol. The Morgan fingerprint density at radius 1 is 1.40 bits per heavy atom. The van der Waals surface area contributed by atoms with Crippen molar-refractivity contribution in [1.29, 1.82) is 0 Å². The zero-order valence-electron chi connectivity index (χ0n) is 8.51. The molecule has 0 saturated heterocycles. The van der Waals surface area contributed by atoms with Crippen molar-refractivity contribution in [3.05, 3.63) is 36.0 Å². The Hall–Kier alpha value is -1.97. The molecule has 0 aliphatic rings. The van der Waals surface area contributed by atoms with E-state index in [1.54, 1.807) is 18.2 Å². The van der Waals surface area contributed by atoms with Gasteiger partial charge >= 0.3 is 0 Å². The van der Waals surface area contributed by atoms with E-state index in [-0.39, 0.29) is 5.88 Å². The fourth-order valence-corrected chi connectivity index (χ4v) is 1.44. The van der Waals surface area contributed by atoms with Gasteiger partial charge in [-0.25, -0.2) is 4.68 Å². The standard InChI is InChI=1S/C11H13N3O/c1-2-9-7-11(15)14(13-9)10-5-3-4-8(12)6-10/h3-7,15H,2,12H2,1H3. The van der Waals surface area contributed by atoms with Crippen molar-refractivity contribution in [2.45, 2.75) is 13.3 Å². The molecule has 0 radical (unpaired) electrons. The molecule has 0 aliphatic carbocycles. The molecule has 1 aromatic heterocycles. The summed E-state index contributed by atoms with van der Waals surface area (Å²) in [6.07, 6.45) is 0.795. The summed E-state index contributed by atoms with van der Waals surface area (Å²) in [5, 5.41) is 13.9. The third kappa shape index (κ3) is 1.79. The van der Waals surface area contributed by atoms with Crippen LogP contribution < -0.4 is 5.73 Å². The second-order valence-electron chi connectivity index (χ2n) is 3.35. The van der Waals surface area contributed by atoms with Crippen molar-refractivity contribution in [3.63, 3.8) is 0 Å². The normalized spacial score (nSPS) is 10.5. The molecule has 4 nitrogen and oxygen atoms in total. The van der Waals surface area contributed by atoms with E-state index in [1.807, 2.05) is 19.1 Å². The monoisotopic (exact) mass is 203 g/mol. The van der Waals surface area contributed by atoms with E-state index in [0.717, 1.165) is 17.8 Å². The largest absolute Gasteiger partial charge is 0.493 e. The lowest BCUT2D eigenvalue weighted by Gasteiger charge is -2.03. The molecule has 2 aromatic rings. The van der Waals surface area contributed by atoms with E-state index in [0.29, 0.717) is 5.69 Å². The van der Waals surface area contributed by atoms with Gasteiger partial charge in [0.25, 0.3) is 0 Å². The summed E-state index contributed by atoms with van der Waals surface area (Å²) in [5.74, 6) is 0.137. The Balaban J connectivity index is 2.48. The molecule has 0 atom stereocenters. The number of aryl methyl sites for hydroxylation is 1. The number of aromatic hydroxyl groups is 1. The lowest BCUT2D eigenvalue weighted by molar-refractivity contribution is 0.433. The number of nitrogens with zero attached hydrogens (tertiary/aromatic N) is 2. The van der Waals surface area contributed by atoms with Crippen molar-refractivity contribution in [3.8, 4) is 11.6 Å². The van der Waals surface area contributed by atoms with Crippen LogP contribution in [0.5, 0.6) is 5.88 Å². The summed E-state index contributed by atoms with van der Waals surface area (Å²) >= 11 is 0. The molecular formula is C11H13N3O. The molecule has 4 heteroatoms. The third-order valence-electron chi connectivity index (χ3n) is 2.22. The van der Waals surface area contributed by atoms with Crippen molar-refractivity contribution in [2.24, 2.45) is 0 Å². The number of aromatic nitrogens is 2. The van der Waals surface area contributed by atoms with Crippen LogP contribution in [0.2, 0.25) is 0 Å². The van der Waals surface area contributed by atoms with Gasteiger partial charge in [-0.05, 0) is 24.6 Å². The molecule has 0 spiro atoms. The highest BCUT2D eigenvalue weighted by Crippen LogP contribution is 2.19. The van der Waals surface area contributed by atoms with Gasteiger partial charge in [-0.15, -0.1) is 0 Å². The highest BCUT2D eigenvalue weighted by Gasteiger charge is 2.06. The van der Waals surface area contributed by atoms with Crippen LogP contribution in [-0.2, 0) is 6.42 Å². The topological polar surface area (TPSA) is 64.1 Å². The lowest BCUT2D eigenvalue weighted by atomic mass is 10.3. The zero-order chi connectivity index (χ0) is 10.8. The smallest absolute Gasteiger partial charge is 0.214 e. The van der Waals surface area contributed by atoms with Crippen LogP contribution in [0.15, 0.2) is 30.3 Å². The van der Waals surface area contributed by atoms with Gasteiger partial charge in [0, 0.05) is 11.8 Å². The highest BCUT2D eigenvalue weighted by atomic mass is 16.3. The van der Waals surface area contributed by atoms with Crippen LogP contribution in [0.25, 0.3) is 5.69 Å². The zero-order valence-corrected chi connectivity index (χ0v) is 8.51. The summed E-state index contributed by atoms with van der Waals surface area (Å²) in [5.41, 5.74) is 7.94. The minimum absolute atomic E-state index is 0.137. The number of nitrogens with two attached hydrogens (primary N) is 1. The number of hydrogen-bond acceptors (Lipinski definition) is 3. The first kappa shape index (κ1) is 9.58. The third-order valence-corrected chi connectivity index (χ3v) is 2.22. The van der Waals surface area contributed by atoms with Crippen molar-refractivity contribution in [2.75, 3.05) is 5.73 Å². The Bertz CT molecular complexity index is 476. The molecule has 1 heterocycles. The molecule has 0 fully saturated rings. The summed E-state index contributed by atoms with van der Waals surface area (Å²) in [7, 11) is 0. The van der Waals surface area contributed by atoms with Crippen molar-refractivity contribution >= 4 is 5.69 Å². The van der Waals surface area contributed by atoms with Crippen LogP contribution in [0.4, 0.5) is 5.69 Å². The molecule has 0 aliphatic heterocycles. The second kappa shape index (κ2) is 3.65. The fraction of sp³-hybridized carbons (Fsp3) is 0.182. The van der Waals surface area contributed by atoms with Crippen LogP contribution in [0.3, 0.4) is 0 Å². The highest BCUT2D eigenvalue weighted by molar-refractivity contribution is 5.48. The van der Waals surface area contributed by atoms with Gasteiger partial charge in [-0.3, -0.25) is 0 Å². The quantitative estimate of drug-likeness (QED) is 0.730. The van der Waals surface area contributed by atoms with Crippen LogP contribution >= 0.6 is 0 Å². The van der Waals surface area contributed by atoms with E-state index in [2.05, 4.69) is 5.10 Å². The van der Waals surface area contributed by atoms with Crippen LogP contribution in [0.1, 0.15) is 12.6 Å². The first-order valence-corrected chi connectivity index (χ1v) is 4.84. The Morgan fingerprint density at radius 3 is 2.80 bits per heavy atom. The van der Waals surface area contributed by atoms with Crippen LogP contribution in [-0.4, -0.2) is 14.9 Å². The maximum Gasteiger partial charge on any atom is 0.214 e. The predicted octanol–water partition coefficient (Wildman–Crippen LogP) is 1.72. The van der Waals surface area contributed by atoms with Gasteiger partial charge in [0.15, 0.2) is 0 Å². The average molecular weight is 203 g/mol. The minimum Gasteiger partial charge on any atom is -0.493 e. The van der Waals surface area contributed by atoms with Gasteiger partial charge in [0.1, 0.15) is 0 Å². The Kier molecular flexibility index (Phi) is 2.33. The van der Waals surface area contributed by atoms with Gasteiger partial charge in [-0.2, -0.15) is 5.10 Å². The van der Waals surface area contributed by atoms with Gasteiger partial charge < -0.3 is 10.8 Å². The predicted molar refractivity (Wildman–Crippen MR) is 59.0 cm³/mol. The maximum absolute atomic E-state index is 9.67. The number of hydrogen-bond donors (Lipinski definition) is 2. The summed E-state index contributed by atoms with van der Waals surface area (Å²) in [6.45, 7) is 1.99. The van der Waals surface area contributed by atoms with E-state index in [4.69, 9.17) is 5.73 Å². The summed E-state index contributed by atoms with van der Waals surface area (Å²) in [4.78, 5) is 0. The molecule has 78 valence electrons. The second-order valence-corrected chi connectivity index (χ2v) is 3.35. The fourth-order valence-electron chi connectivity index (χ4n) is 1.44. The van der Waals surface area contributed by atoms with Crippen molar-refractivity contribution < 1.29 is 5.11 Å². The lowest BCUT2D eigenvalue weighted by Crippen LogP contribution is -1.97. The molecule has 0 unspecified atom stereocenters. The molecule has 1 aromatic carbocycles. The van der Waals surface area contributed by atoms with Gasteiger partial charge in [0.05, 0.1) is 11.4 Å². The van der Waals surface area contributed by atoms with E-state index in [9.17, 15) is 5.11 Å². The first-order chi connectivity index (χ1) is 7.20. The molecule has 0 bridgehead atoms. The minimum atomic E-state index is 0.137. The van der Waals surface area contributed by atoms with E-state index < -0.39 is 0 Å². The van der Waals surface area contributed by atoms with Crippen molar-refractivity contribution in [1.82, 2.24) is 9.78 Å². The summed E-state index contributed by atoms with van der Waals surface area (Å²) in [6, 6.07) is 8.90. The first-order valence-electron chi connectivity index (χ1n) is 4.84. The number of anilines is 1. The summed E-state index contributed by atoms with van der Waals surface area (Å²) < 4.78 is 1.48. The Labute approximate surface area is 88.0 Å². The number of benzene rings is 1. The molecule has 2 rings (SSSR count). The van der Waals surface area contributed by atoms with Gasteiger partial charge in [0.2, 0.25) is 5.88 Å². The molecule has 15 heavy (non-hydrogen) atoms. The maximum atomic E-state index is 9.67. The SMILES string of the molecule is CCc1cc(O)n(-c2cccc(N)c2)n1. The molecule has 0 saturated carbocycles. The van der Waals surface area contributed by atoms with Crippen LogP contribution in [0, 0.1) is 0 Å². The number of rotatable bonds is 2. The molecule has 0 amide bonds. The van der Waals surface area contributed by atoms with E-state index in [1.165, 1.54) is 4.68 Å². The van der Waals surface area contributed by atoms with Gasteiger partial charge in [-0.1, -0.05) is 13.0 Å². The van der Waals surface area contributed by atoms with E-state index >= 15 is 0 Å². The number of nitrogen functional groups attached to an aromatic ring is 1. The Morgan fingerprint density at radius 2 is 2.20 bits per heavy atom. The molecule has 3 N–H and O–H groups in total. The average Bonchev–Trinajstić information content (AvgIpc) is 2.60.